The third-order valence-electron chi connectivity index (χ3n) is 2.50. The van der Waals surface area contributed by atoms with Crippen molar-refractivity contribution in [3.05, 3.63) is 41.0 Å². The first kappa shape index (κ1) is 14.1. The van der Waals surface area contributed by atoms with E-state index < -0.39 is 17.4 Å². The molecule has 1 aromatic carbocycles. The monoisotopic (exact) mass is 282 g/mol. The molecule has 0 amide bonds. The lowest BCUT2D eigenvalue weighted by molar-refractivity contribution is 0.112. The maximum atomic E-state index is 13.5. The van der Waals surface area contributed by atoms with Crippen LogP contribution in [-0.4, -0.2) is 16.4 Å². The van der Waals surface area contributed by atoms with Crippen molar-refractivity contribution in [3.63, 3.8) is 0 Å². The van der Waals surface area contributed by atoms with Crippen molar-refractivity contribution in [1.82, 2.24) is 10.1 Å². The Balaban J connectivity index is 2.12. The van der Waals surface area contributed by atoms with E-state index >= 15 is 0 Å². The van der Waals surface area contributed by atoms with Gasteiger partial charge < -0.3 is 9.26 Å². The summed E-state index contributed by atoms with van der Waals surface area (Å²) in [5.74, 6) is -1.83. The highest BCUT2D eigenvalue weighted by Crippen LogP contribution is 2.23. The smallest absolute Gasteiger partial charge is 0.264 e. The molecule has 0 aliphatic carbocycles. The van der Waals surface area contributed by atoms with Gasteiger partial charge in [-0.05, 0) is 12.1 Å². The fourth-order valence-electron chi connectivity index (χ4n) is 1.48. The van der Waals surface area contributed by atoms with Crippen molar-refractivity contribution >= 4 is 6.29 Å². The maximum absolute atomic E-state index is 13.5. The highest BCUT2D eigenvalue weighted by atomic mass is 19.1. The molecule has 0 radical (unpaired) electrons. The molecule has 20 heavy (non-hydrogen) atoms. The highest BCUT2D eigenvalue weighted by Gasteiger charge is 2.15. The first-order chi connectivity index (χ1) is 9.51. The van der Waals surface area contributed by atoms with Gasteiger partial charge in [0.15, 0.2) is 29.8 Å². The van der Waals surface area contributed by atoms with E-state index in [1.54, 1.807) is 0 Å². The highest BCUT2D eigenvalue weighted by molar-refractivity contribution is 5.75. The number of rotatable bonds is 5. The zero-order valence-electron chi connectivity index (χ0n) is 10.9. The minimum absolute atomic E-state index is 0.0767. The first-order valence-corrected chi connectivity index (χ1v) is 5.90. The Bertz CT molecular complexity index is 603. The summed E-state index contributed by atoms with van der Waals surface area (Å²) in [5, 5.41) is 3.70. The second-order valence-electron chi connectivity index (χ2n) is 4.42. The van der Waals surface area contributed by atoms with Gasteiger partial charge in [-0.3, -0.25) is 4.79 Å². The summed E-state index contributed by atoms with van der Waals surface area (Å²) >= 11 is 0. The van der Waals surface area contributed by atoms with Gasteiger partial charge in [0, 0.05) is 11.5 Å². The van der Waals surface area contributed by atoms with Gasteiger partial charge in [-0.15, -0.1) is 0 Å². The summed E-state index contributed by atoms with van der Waals surface area (Å²) in [6.45, 7) is 3.51. The van der Waals surface area contributed by atoms with Gasteiger partial charge >= 0.3 is 0 Å². The van der Waals surface area contributed by atoms with E-state index in [-0.39, 0.29) is 24.0 Å². The second-order valence-corrected chi connectivity index (χ2v) is 4.42. The summed E-state index contributed by atoms with van der Waals surface area (Å²) < 4.78 is 37.0. The fraction of sp³-hybridized carbons (Fsp3) is 0.308. The van der Waals surface area contributed by atoms with Crippen LogP contribution in [0.5, 0.6) is 5.75 Å². The molecule has 5 nitrogen and oxygen atoms in total. The summed E-state index contributed by atoms with van der Waals surface area (Å²) in [6.07, 6.45) is 0.350. The molecule has 0 spiro atoms. The summed E-state index contributed by atoms with van der Waals surface area (Å²) in [5.41, 5.74) is -0.104. The van der Waals surface area contributed by atoms with Gasteiger partial charge in [0.25, 0.3) is 5.89 Å². The van der Waals surface area contributed by atoms with Crippen molar-refractivity contribution < 1.29 is 22.8 Å². The van der Waals surface area contributed by atoms with Crippen LogP contribution in [0.2, 0.25) is 0 Å². The van der Waals surface area contributed by atoms with Crippen LogP contribution in [0.25, 0.3) is 0 Å². The number of aromatic nitrogens is 2. The predicted octanol–water partition coefficient (Wildman–Crippen LogP) is 2.86. The van der Waals surface area contributed by atoms with Crippen molar-refractivity contribution in [3.8, 4) is 5.75 Å². The number of hydrogen-bond donors (Lipinski definition) is 0. The topological polar surface area (TPSA) is 65.2 Å². The number of nitrogens with zero attached hydrogens (tertiary/aromatic N) is 2. The lowest BCUT2D eigenvalue weighted by Gasteiger charge is -2.06. The lowest BCUT2D eigenvalue weighted by atomic mass is 10.2. The van der Waals surface area contributed by atoms with E-state index in [2.05, 4.69) is 10.1 Å². The maximum Gasteiger partial charge on any atom is 0.264 e. The lowest BCUT2D eigenvalue weighted by Crippen LogP contribution is -2.01. The third kappa shape index (κ3) is 2.98. The Morgan fingerprint density at radius 2 is 2.00 bits per heavy atom. The number of hydrogen-bond acceptors (Lipinski definition) is 5. The molecule has 0 unspecified atom stereocenters. The number of halogens is 2. The van der Waals surface area contributed by atoms with Gasteiger partial charge in [0.05, 0.1) is 0 Å². The normalized spacial score (nSPS) is 10.8. The largest absolute Gasteiger partial charge is 0.478 e. The summed E-state index contributed by atoms with van der Waals surface area (Å²) in [6, 6.07) is 1.78. The van der Waals surface area contributed by atoms with Crippen molar-refractivity contribution in [2.75, 3.05) is 0 Å². The van der Waals surface area contributed by atoms with Crippen LogP contribution in [-0.2, 0) is 6.61 Å². The van der Waals surface area contributed by atoms with E-state index in [0.717, 1.165) is 12.1 Å². The molecule has 0 aliphatic rings. The van der Waals surface area contributed by atoms with Crippen LogP contribution in [0.15, 0.2) is 16.7 Å². The molecule has 0 aliphatic heterocycles. The zero-order chi connectivity index (χ0) is 14.7. The molecule has 0 saturated heterocycles. The molecular formula is C13H12F2N2O3. The van der Waals surface area contributed by atoms with Crippen LogP contribution in [0, 0.1) is 11.6 Å². The average molecular weight is 282 g/mol. The van der Waals surface area contributed by atoms with Crippen LogP contribution in [0.4, 0.5) is 8.78 Å². The van der Waals surface area contributed by atoms with E-state index in [1.165, 1.54) is 0 Å². The standard InChI is InChI=1S/C13H12F2N2O3/c1-7(2)13-16-11(20-17-13)6-19-12-9(14)3-8(5-18)4-10(12)15/h3-5,7H,6H2,1-2H3. The summed E-state index contributed by atoms with van der Waals surface area (Å²) in [7, 11) is 0. The number of aldehydes is 1. The van der Waals surface area contributed by atoms with Crippen molar-refractivity contribution in [1.29, 1.82) is 0 Å². The molecule has 0 fully saturated rings. The SMILES string of the molecule is CC(C)c1noc(COc2c(F)cc(C=O)cc2F)n1. The minimum atomic E-state index is -0.962. The van der Waals surface area contributed by atoms with Gasteiger partial charge in [0.1, 0.15) is 6.29 Å². The molecule has 2 aromatic rings. The molecule has 0 N–H and O–H groups in total. The van der Waals surface area contributed by atoms with Crippen LogP contribution < -0.4 is 4.74 Å². The molecule has 0 atom stereocenters. The van der Waals surface area contributed by atoms with Gasteiger partial charge in [-0.2, -0.15) is 4.98 Å². The summed E-state index contributed by atoms with van der Waals surface area (Å²) in [4.78, 5) is 14.5. The Kier molecular flexibility index (Phi) is 4.07. The third-order valence-corrected chi connectivity index (χ3v) is 2.50. The predicted molar refractivity (Wildman–Crippen MR) is 64.5 cm³/mol. The Morgan fingerprint density at radius 1 is 1.35 bits per heavy atom. The second kappa shape index (κ2) is 5.77. The number of carbonyl (C=O) groups excluding carboxylic acids is 1. The number of carbonyl (C=O) groups is 1. The Hall–Kier alpha value is -2.31. The molecular weight excluding hydrogens is 270 g/mol. The van der Waals surface area contributed by atoms with E-state index in [9.17, 15) is 13.6 Å². The molecule has 2 rings (SSSR count). The average Bonchev–Trinajstić information content (AvgIpc) is 2.86. The fourth-order valence-corrected chi connectivity index (χ4v) is 1.48. The molecule has 1 aromatic heterocycles. The van der Waals surface area contributed by atoms with E-state index in [4.69, 9.17) is 9.26 Å². The molecule has 0 saturated carbocycles. The quantitative estimate of drug-likeness (QED) is 0.789. The zero-order valence-corrected chi connectivity index (χ0v) is 10.9. The molecule has 106 valence electrons. The Morgan fingerprint density at radius 3 is 2.50 bits per heavy atom. The van der Waals surface area contributed by atoms with Gasteiger partial charge in [-0.1, -0.05) is 19.0 Å². The van der Waals surface area contributed by atoms with Crippen LogP contribution >= 0.6 is 0 Å². The number of benzene rings is 1. The first-order valence-electron chi connectivity index (χ1n) is 5.90. The van der Waals surface area contributed by atoms with Crippen molar-refractivity contribution in [2.45, 2.75) is 26.4 Å². The minimum Gasteiger partial charge on any atom is -0.478 e. The molecule has 0 bridgehead atoms. The van der Waals surface area contributed by atoms with Crippen LogP contribution in [0.3, 0.4) is 0 Å². The van der Waals surface area contributed by atoms with Gasteiger partial charge in [-0.25, -0.2) is 8.78 Å². The van der Waals surface area contributed by atoms with Crippen LogP contribution in [0.1, 0.15) is 41.8 Å². The van der Waals surface area contributed by atoms with E-state index in [1.807, 2.05) is 13.8 Å². The molecule has 1 heterocycles. The van der Waals surface area contributed by atoms with Crippen molar-refractivity contribution in [2.24, 2.45) is 0 Å². The Labute approximate surface area is 113 Å². The molecule has 7 heteroatoms. The van der Waals surface area contributed by atoms with E-state index in [0.29, 0.717) is 12.1 Å². The number of ether oxygens (including phenoxy) is 1. The van der Waals surface area contributed by atoms with Gasteiger partial charge in [0.2, 0.25) is 0 Å².